The van der Waals surface area contributed by atoms with E-state index in [1.165, 1.54) is 13.1 Å². The van der Waals surface area contributed by atoms with Gasteiger partial charge in [-0.25, -0.2) is 0 Å². The largest absolute Gasteiger partial charge is 0.396 e. The zero-order chi connectivity index (χ0) is 13.7. The number of aliphatic hydroxyl groups excluding tert-OH is 1. The van der Waals surface area contributed by atoms with Crippen LogP contribution in [0.4, 0.5) is 0 Å². The Hall–Kier alpha value is 0.460. The van der Waals surface area contributed by atoms with Crippen LogP contribution in [0.2, 0.25) is 0 Å². The Bertz CT molecular complexity index is 203. The van der Waals surface area contributed by atoms with Gasteiger partial charge < -0.3 is 14.9 Å². The van der Waals surface area contributed by atoms with Crippen molar-refractivity contribution in [1.29, 1.82) is 0 Å². The highest BCUT2D eigenvalue weighted by Gasteiger charge is 2.27. The number of hydrogen-bond acceptors (Lipinski definition) is 3. The average Bonchev–Trinajstić information content (AvgIpc) is 2.14. The van der Waals surface area contributed by atoms with Gasteiger partial charge in [-0.1, -0.05) is 0 Å². The second-order valence-electron chi connectivity index (χ2n) is 6.16. The summed E-state index contributed by atoms with van der Waals surface area (Å²) in [4.78, 5) is 4.80. The van der Waals surface area contributed by atoms with Crippen LogP contribution < -0.4 is 0 Å². The zero-order valence-electron chi connectivity index (χ0n) is 12.7. The molecule has 0 bridgehead atoms. The van der Waals surface area contributed by atoms with Crippen LogP contribution in [0, 0.1) is 11.8 Å². The van der Waals surface area contributed by atoms with Crippen LogP contribution in [-0.2, 0) is 0 Å². The third kappa shape index (κ3) is 6.17. The fourth-order valence-electron chi connectivity index (χ4n) is 2.28. The number of rotatable bonds is 4. The maximum absolute atomic E-state index is 8.66. The van der Waals surface area contributed by atoms with E-state index in [1.54, 1.807) is 0 Å². The lowest BCUT2D eigenvalue weighted by Crippen LogP contribution is -2.51. The standard InChI is InChI=1S/C7H14ClN.C7H15NO.ClH/c1-6(2)9-4-7(3-8)5-9;1-6(2)8-3-7(4-8)5-9;/h6-7H,3-5H2,1-2H3;6-7,9H,3-5H2,1-2H3;1H. The normalized spacial score (nSPS) is 21.5. The minimum atomic E-state index is 0. The van der Waals surface area contributed by atoms with E-state index in [0.29, 0.717) is 24.6 Å². The van der Waals surface area contributed by atoms with Crippen LogP contribution in [0.25, 0.3) is 0 Å². The number of nitrogens with zero attached hydrogens (tertiary/aromatic N) is 2. The summed E-state index contributed by atoms with van der Waals surface area (Å²) in [5.74, 6) is 2.17. The van der Waals surface area contributed by atoms with E-state index in [9.17, 15) is 0 Å². The summed E-state index contributed by atoms with van der Waals surface area (Å²) in [5, 5.41) is 8.66. The molecule has 0 unspecified atom stereocenters. The van der Waals surface area contributed by atoms with Crippen LogP contribution in [0.1, 0.15) is 27.7 Å². The van der Waals surface area contributed by atoms with Crippen molar-refractivity contribution in [2.24, 2.45) is 11.8 Å². The SMILES string of the molecule is CC(C)N1CC(CCl)C1.CC(C)N1CC(CO)C1.Cl. The van der Waals surface area contributed by atoms with Gasteiger partial charge in [-0.05, 0) is 33.6 Å². The predicted octanol–water partition coefficient (Wildman–Crippen LogP) is 2.31. The molecule has 0 aromatic heterocycles. The maximum Gasteiger partial charge on any atom is 0.0483 e. The van der Waals surface area contributed by atoms with Crippen molar-refractivity contribution in [3.8, 4) is 0 Å². The van der Waals surface area contributed by atoms with Gasteiger partial charge in [-0.2, -0.15) is 0 Å². The average molecular weight is 313 g/mol. The molecule has 0 saturated carbocycles. The van der Waals surface area contributed by atoms with Crippen LogP contribution in [0.15, 0.2) is 0 Å². The van der Waals surface area contributed by atoms with E-state index >= 15 is 0 Å². The summed E-state index contributed by atoms with van der Waals surface area (Å²) >= 11 is 5.65. The highest BCUT2D eigenvalue weighted by molar-refractivity contribution is 6.18. The number of aliphatic hydroxyl groups is 1. The lowest BCUT2D eigenvalue weighted by molar-refractivity contribution is 0.0308. The Morgan fingerprint density at radius 2 is 1.32 bits per heavy atom. The summed E-state index contributed by atoms with van der Waals surface area (Å²) in [6.45, 7) is 13.8. The molecule has 2 heterocycles. The number of halogens is 2. The van der Waals surface area contributed by atoms with Gasteiger partial charge in [0.1, 0.15) is 0 Å². The molecule has 0 aromatic carbocycles. The zero-order valence-corrected chi connectivity index (χ0v) is 14.3. The quantitative estimate of drug-likeness (QED) is 0.807. The van der Waals surface area contributed by atoms with Crippen LogP contribution in [0.5, 0.6) is 0 Å². The van der Waals surface area contributed by atoms with E-state index in [0.717, 1.165) is 24.9 Å². The summed E-state index contributed by atoms with van der Waals surface area (Å²) in [6.07, 6.45) is 0. The van der Waals surface area contributed by atoms with Crippen LogP contribution >= 0.6 is 24.0 Å². The molecule has 3 nitrogen and oxygen atoms in total. The molecule has 2 aliphatic rings. The Balaban J connectivity index is 0.000000324. The Morgan fingerprint density at radius 3 is 1.58 bits per heavy atom. The van der Waals surface area contributed by atoms with Gasteiger partial charge in [0.15, 0.2) is 0 Å². The molecule has 2 fully saturated rings. The highest BCUT2D eigenvalue weighted by atomic mass is 35.5. The minimum absolute atomic E-state index is 0. The third-order valence-corrected chi connectivity index (χ3v) is 4.34. The third-order valence-electron chi connectivity index (χ3n) is 3.91. The molecule has 0 aliphatic carbocycles. The molecule has 0 radical (unpaired) electrons. The molecule has 2 saturated heterocycles. The summed E-state index contributed by atoms with van der Waals surface area (Å²) in [7, 11) is 0. The molecule has 2 aliphatic heterocycles. The first-order chi connectivity index (χ1) is 8.47. The van der Waals surface area contributed by atoms with E-state index < -0.39 is 0 Å². The molecular weight excluding hydrogens is 283 g/mol. The van der Waals surface area contributed by atoms with Crippen molar-refractivity contribution < 1.29 is 5.11 Å². The van der Waals surface area contributed by atoms with E-state index in [2.05, 4.69) is 37.5 Å². The van der Waals surface area contributed by atoms with Gasteiger partial charge >= 0.3 is 0 Å². The van der Waals surface area contributed by atoms with E-state index in [4.69, 9.17) is 16.7 Å². The predicted molar refractivity (Wildman–Crippen MR) is 85.5 cm³/mol. The first-order valence-corrected chi connectivity index (χ1v) is 7.66. The molecule has 1 N–H and O–H groups in total. The second kappa shape index (κ2) is 9.41. The van der Waals surface area contributed by atoms with Crippen molar-refractivity contribution in [1.82, 2.24) is 9.80 Å². The molecule has 0 aromatic rings. The number of alkyl halides is 1. The van der Waals surface area contributed by atoms with Crippen molar-refractivity contribution in [2.75, 3.05) is 38.7 Å². The van der Waals surface area contributed by atoms with Gasteiger partial charge in [0.2, 0.25) is 0 Å². The first kappa shape index (κ1) is 19.5. The van der Waals surface area contributed by atoms with Gasteiger partial charge in [-0.3, -0.25) is 0 Å². The van der Waals surface area contributed by atoms with Crippen molar-refractivity contribution in [3.63, 3.8) is 0 Å². The number of hydrogen-bond donors (Lipinski definition) is 1. The molecule has 5 heteroatoms. The van der Waals surface area contributed by atoms with Crippen molar-refractivity contribution in [2.45, 2.75) is 39.8 Å². The smallest absolute Gasteiger partial charge is 0.0483 e. The summed E-state index contributed by atoms with van der Waals surface area (Å²) in [6, 6.07) is 1.37. The van der Waals surface area contributed by atoms with Crippen LogP contribution in [-0.4, -0.2) is 65.7 Å². The molecule has 0 spiro atoms. The fourth-order valence-corrected chi connectivity index (χ4v) is 2.47. The topological polar surface area (TPSA) is 26.7 Å². The molecule has 19 heavy (non-hydrogen) atoms. The van der Waals surface area contributed by atoms with Crippen LogP contribution in [0.3, 0.4) is 0 Å². The molecule has 2 rings (SSSR count). The highest BCUT2D eigenvalue weighted by Crippen LogP contribution is 2.18. The lowest BCUT2D eigenvalue weighted by Gasteiger charge is -2.41. The minimum Gasteiger partial charge on any atom is -0.396 e. The molecule has 0 atom stereocenters. The Kier molecular flexibility index (Phi) is 9.63. The first-order valence-electron chi connectivity index (χ1n) is 7.12. The number of likely N-dealkylation sites (tertiary alicyclic amines) is 2. The lowest BCUT2D eigenvalue weighted by atomic mass is 10.00. The molecule has 116 valence electrons. The van der Waals surface area contributed by atoms with Crippen molar-refractivity contribution >= 4 is 24.0 Å². The maximum atomic E-state index is 8.66. The van der Waals surface area contributed by atoms with Gasteiger partial charge in [-0.15, -0.1) is 24.0 Å². The van der Waals surface area contributed by atoms with E-state index in [1.807, 2.05) is 0 Å². The summed E-state index contributed by atoms with van der Waals surface area (Å²) < 4.78 is 0. The van der Waals surface area contributed by atoms with Gasteiger partial charge in [0, 0.05) is 56.7 Å². The summed E-state index contributed by atoms with van der Waals surface area (Å²) in [5.41, 5.74) is 0. The molecular formula is C14H30Cl2N2O. The molecule has 0 amide bonds. The Morgan fingerprint density at radius 1 is 0.947 bits per heavy atom. The van der Waals surface area contributed by atoms with E-state index in [-0.39, 0.29) is 12.4 Å². The van der Waals surface area contributed by atoms with Crippen molar-refractivity contribution in [3.05, 3.63) is 0 Å². The monoisotopic (exact) mass is 312 g/mol. The fraction of sp³-hybridized carbons (Fsp3) is 1.00. The Labute approximate surface area is 129 Å². The second-order valence-corrected chi connectivity index (χ2v) is 6.47. The van der Waals surface area contributed by atoms with Gasteiger partial charge in [0.05, 0.1) is 0 Å². The van der Waals surface area contributed by atoms with Gasteiger partial charge in [0.25, 0.3) is 0 Å².